The second-order valence-corrected chi connectivity index (χ2v) is 8.85. The van der Waals surface area contributed by atoms with Crippen LogP contribution in [-0.4, -0.2) is 34.5 Å². The molecule has 9 heteroatoms. The molecule has 1 saturated heterocycles. The van der Waals surface area contributed by atoms with Crippen molar-refractivity contribution in [3.63, 3.8) is 0 Å². The van der Waals surface area contributed by atoms with Crippen LogP contribution in [0.2, 0.25) is 0 Å². The lowest BCUT2D eigenvalue weighted by molar-refractivity contribution is -0.145. The molecular formula is C21H18BrNO5S2. The molecule has 2 aromatic carbocycles. The summed E-state index contributed by atoms with van der Waals surface area (Å²) in [6.07, 6.45) is 1.07. The lowest BCUT2D eigenvalue weighted by atomic mass is 10.1. The molecule has 1 aliphatic heterocycles. The van der Waals surface area contributed by atoms with Crippen molar-refractivity contribution >= 4 is 67.9 Å². The van der Waals surface area contributed by atoms with Crippen LogP contribution in [0.15, 0.2) is 51.8 Å². The minimum atomic E-state index is -1.04. The fourth-order valence-corrected chi connectivity index (χ4v) is 4.33. The van der Waals surface area contributed by atoms with Crippen molar-refractivity contribution < 1.29 is 24.2 Å². The number of benzene rings is 2. The molecule has 1 aliphatic rings. The highest BCUT2D eigenvalue weighted by Gasteiger charge is 2.33. The van der Waals surface area contributed by atoms with Gasteiger partial charge in [-0.25, -0.2) is 4.79 Å². The quantitative estimate of drug-likeness (QED) is 0.412. The van der Waals surface area contributed by atoms with Gasteiger partial charge >= 0.3 is 5.97 Å². The summed E-state index contributed by atoms with van der Waals surface area (Å²) in [5.41, 5.74) is 1.41. The van der Waals surface area contributed by atoms with Gasteiger partial charge in [0, 0.05) is 4.47 Å². The highest BCUT2D eigenvalue weighted by Crippen LogP contribution is 2.37. The van der Waals surface area contributed by atoms with Gasteiger partial charge in [0.2, 0.25) is 0 Å². The van der Waals surface area contributed by atoms with Gasteiger partial charge in [-0.1, -0.05) is 52.9 Å². The maximum atomic E-state index is 12.9. The van der Waals surface area contributed by atoms with Crippen LogP contribution < -0.4 is 14.4 Å². The van der Waals surface area contributed by atoms with Gasteiger partial charge in [-0.2, -0.15) is 0 Å². The van der Waals surface area contributed by atoms with Crippen LogP contribution in [0.1, 0.15) is 18.9 Å². The standard InChI is InChI=1S/C21H18BrNO5S2/c1-3-15(20(25)26)28-16-9-4-12(10-17(16)27-2)11-18-19(24)23(21(29)30-18)14-7-5-13(22)6-8-14/h4-11,15H,3H2,1-2H3,(H,25,26)/b18-11+. The summed E-state index contributed by atoms with van der Waals surface area (Å²) < 4.78 is 12.3. The molecule has 0 spiro atoms. The van der Waals surface area contributed by atoms with Crippen molar-refractivity contribution in [1.82, 2.24) is 0 Å². The molecule has 0 aromatic heterocycles. The number of carboxylic acid groups (broad SMARTS) is 1. The molecule has 1 fully saturated rings. The summed E-state index contributed by atoms with van der Waals surface area (Å²) in [6, 6.07) is 12.4. The van der Waals surface area contributed by atoms with Crippen molar-refractivity contribution in [2.75, 3.05) is 12.0 Å². The molecule has 0 saturated carbocycles. The van der Waals surface area contributed by atoms with Crippen LogP contribution in [0.25, 0.3) is 6.08 Å². The molecular weight excluding hydrogens is 490 g/mol. The zero-order chi connectivity index (χ0) is 21.8. The Kier molecular flexibility index (Phi) is 7.17. The Labute approximate surface area is 192 Å². The van der Waals surface area contributed by atoms with Crippen LogP contribution in [0.3, 0.4) is 0 Å². The van der Waals surface area contributed by atoms with E-state index in [4.69, 9.17) is 21.7 Å². The van der Waals surface area contributed by atoms with Gasteiger partial charge in [0.05, 0.1) is 17.7 Å². The molecule has 1 unspecified atom stereocenters. The van der Waals surface area contributed by atoms with E-state index in [9.17, 15) is 14.7 Å². The predicted molar refractivity (Wildman–Crippen MR) is 125 cm³/mol. The van der Waals surface area contributed by atoms with Crippen LogP contribution >= 0.6 is 39.9 Å². The second-order valence-electron chi connectivity index (χ2n) is 6.26. The van der Waals surface area contributed by atoms with Crippen molar-refractivity contribution in [2.45, 2.75) is 19.4 Å². The van der Waals surface area contributed by atoms with Crippen LogP contribution in [0.4, 0.5) is 5.69 Å². The van der Waals surface area contributed by atoms with Crippen LogP contribution in [0, 0.1) is 0 Å². The van der Waals surface area contributed by atoms with E-state index in [1.54, 1.807) is 31.2 Å². The Balaban J connectivity index is 1.86. The topological polar surface area (TPSA) is 76.1 Å². The fourth-order valence-electron chi connectivity index (χ4n) is 2.76. The molecule has 0 bridgehead atoms. The minimum Gasteiger partial charge on any atom is -0.493 e. The van der Waals surface area contributed by atoms with E-state index in [0.29, 0.717) is 38.4 Å². The number of hydrogen-bond acceptors (Lipinski definition) is 6. The number of nitrogens with zero attached hydrogens (tertiary/aromatic N) is 1. The van der Waals surface area contributed by atoms with Crippen molar-refractivity contribution in [2.24, 2.45) is 0 Å². The van der Waals surface area contributed by atoms with E-state index in [2.05, 4.69) is 15.9 Å². The SMILES string of the molecule is CCC(Oc1ccc(/C=C2/SC(=S)N(c3ccc(Br)cc3)C2=O)cc1OC)C(=O)O. The third-order valence-electron chi connectivity index (χ3n) is 4.28. The lowest BCUT2D eigenvalue weighted by Crippen LogP contribution is -2.27. The molecule has 1 N–H and O–H groups in total. The number of thiocarbonyl (C=S) groups is 1. The van der Waals surface area contributed by atoms with Gasteiger partial charge in [0.25, 0.3) is 5.91 Å². The number of ether oxygens (including phenoxy) is 2. The van der Waals surface area contributed by atoms with E-state index in [1.165, 1.54) is 23.8 Å². The van der Waals surface area contributed by atoms with E-state index in [0.717, 1.165) is 4.47 Å². The summed E-state index contributed by atoms with van der Waals surface area (Å²) in [5.74, 6) is -0.540. The van der Waals surface area contributed by atoms with Gasteiger partial charge in [0.15, 0.2) is 21.9 Å². The van der Waals surface area contributed by atoms with E-state index >= 15 is 0 Å². The second kappa shape index (κ2) is 9.63. The Hall–Kier alpha value is -2.36. The Morgan fingerprint density at radius 2 is 1.97 bits per heavy atom. The first-order valence-corrected chi connectivity index (χ1v) is 11.0. The number of halogens is 1. The van der Waals surface area contributed by atoms with Crippen LogP contribution in [-0.2, 0) is 9.59 Å². The van der Waals surface area contributed by atoms with E-state index in [-0.39, 0.29) is 5.91 Å². The molecule has 3 rings (SSSR count). The number of rotatable bonds is 7. The zero-order valence-electron chi connectivity index (χ0n) is 16.1. The van der Waals surface area contributed by atoms with Gasteiger partial charge in [-0.05, 0) is 54.5 Å². The Morgan fingerprint density at radius 1 is 1.27 bits per heavy atom. The first-order valence-electron chi connectivity index (χ1n) is 8.95. The third kappa shape index (κ3) is 4.85. The number of amides is 1. The maximum absolute atomic E-state index is 12.9. The smallest absolute Gasteiger partial charge is 0.344 e. The fraction of sp³-hybridized carbons (Fsp3) is 0.190. The third-order valence-corrected chi connectivity index (χ3v) is 6.11. The molecule has 1 heterocycles. The van der Waals surface area contributed by atoms with Crippen molar-refractivity contribution in [1.29, 1.82) is 0 Å². The largest absolute Gasteiger partial charge is 0.493 e. The minimum absolute atomic E-state index is 0.205. The predicted octanol–water partition coefficient (Wildman–Crippen LogP) is 5.11. The molecule has 30 heavy (non-hydrogen) atoms. The number of carbonyl (C=O) groups is 2. The Morgan fingerprint density at radius 3 is 2.57 bits per heavy atom. The normalized spacial score (nSPS) is 16.1. The van der Waals surface area contributed by atoms with Gasteiger partial charge in [0.1, 0.15) is 0 Å². The molecule has 0 aliphatic carbocycles. The monoisotopic (exact) mass is 507 g/mol. The highest BCUT2D eigenvalue weighted by atomic mass is 79.9. The lowest BCUT2D eigenvalue weighted by Gasteiger charge is -2.16. The number of anilines is 1. The number of thioether (sulfide) groups is 1. The molecule has 1 amide bonds. The van der Waals surface area contributed by atoms with Gasteiger partial charge < -0.3 is 14.6 Å². The highest BCUT2D eigenvalue weighted by molar-refractivity contribution is 9.10. The molecule has 1 atom stereocenters. The summed E-state index contributed by atoms with van der Waals surface area (Å²) in [7, 11) is 1.47. The first-order chi connectivity index (χ1) is 14.3. The van der Waals surface area contributed by atoms with Crippen molar-refractivity contribution in [3.05, 3.63) is 57.4 Å². The van der Waals surface area contributed by atoms with Crippen LogP contribution in [0.5, 0.6) is 11.5 Å². The average Bonchev–Trinajstić information content (AvgIpc) is 3.00. The summed E-state index contributed by atoms with van der Waals surface area (Å²) in [5, 5.41) is 9.20. The van der Waals surface area contributed by atoms with Gasteiger partial charge in [-0.15, -0.1) is 0 Å². The molecule has 2 aromatic rings. The zero-order valence-corrected chi connectivity index (χ0v) is 19.3. The molecule has 156 valence electrons. The molecule has 0 radical (unpaired) electrons. The molecule has 6 nitrogen and oxygen atoms in total. The van der Waals surface area contributed by atoms with Gasteiger partial charge in [-0.3, -0.25) is 9.69 Å². The van der Waals surface area contributed by atoms with E-state index in [1.807, 2.05) is 24.3 Å². The Bertz CT molecular complexity index is 1020. The number of carbonyl (C=O) groups excluding carboxylic acids is 1. The maximum Gasteiger partial charge on any atom is 0.344 e. The van der Waals surface area contributed by atoms with Crippen molar-refractivity contribution in [3.8, 4) is 11.5 Å². The summed E-state index contributed by atoms with van der Waals surface area (Å²) in [6.45, 7) is 1.73. The number of methoxy groups -OCH3 is 1. The number of aliphatic carboxylic acids is 1. The first kappa shape index (κ1) is 22.3. The summed E-state index contributed by atoms with van der Waals surface area (Å²) in [4.78, 5) is 26.1. The number of hydrogen-bond donors (Lipinski definition) is 1. The van der Waals surface area contributed by atoms with E-state index < -0.39 is 12.1 Å². The number of carboxylic acids is 1. The average molecular weight is 508 g/mol. The summed E-state index contributed by atoms with van der Waals surface area (Å²) >= 11 is 9.99.